The van der Waals surface area contributed by atoms with Crippen LogP contribution in [0.4, 0.5) is 5.82 Å². The van der Waals surface area contributed by atoms with E-state index >= 15 is 0 Å². The Morgan fingerprint density at radius 3 is 2.80 bits per heavy atom. The van der Waals surface area contributed by atoms with Crippen LogP contribution in [0.5, 0.6) is 0 Å². The summed E-state index contributed by atoms with van der Waals surface area (Å²) in [7, 11) is 0. The van der Waals surface area contributed by atoms with Crippen molar-refractivity contribution < 1.29 is 4.79 Å². The van der Waals surface area contributed by atoms with E-state index in [9.17, 15) is 4.79 Å². The number of carbonyl (C=O) groups is 1. The fourth-order valence-corrected chi connectivity index (χ4v) is 2.68. The van der Waals surface area contributed by atoms with Crippen LogP contribution in [-0.4, -0.2) is 29.0 Å². The molecule has 2 aromatic heterocycles. The first-order valence-electron chi connectivity index (χ1n) is 6.27. The maximum absolute atomic E-state index is 11.9. The first-order valence-corrected chi connectivity index (χ1v) is 7.47. The summed E-state index contributed by atoms with van der Waals surface area (Å²) in [6.07, 6.45) is 3.78. The van der Waals surface area contributed by atoms with Gasteiger partial charge in [-0.1, -0.05) is 11.6 Å². The smallest absolute Gasteiger partial charge is 0.271 e. The van der Waals surface area contributed by atoms with E-state index < -0.39 is 0 Å². The lowest BCUT2D eigenvalue weighted by atomic mass is 10.3. The highest BCUT2D eigenvalue weighted by Crippen LogP contribution is 2.21. The summed E-state index contributed by atoms with van der Waals surface area (Å²) < 4.78 is 0.760. The van der Waals surface area contributed by atoms with E-state index in [1.165, 1.54) is 17.5 Å². The number of halogens is 1. The van der Waals surface area contributed by atoms with E-state index in [-0.39, 0.29) is 5.91 Å². The molecular formula is C13H15ClN4OS. The highest BCUT2D eigenvalue weighted by atomic mass is 35.5. The lowest BCUT2D eigenvalue weighted by molar-refractivity contribution is 0.0949. The van der Waals surface area contributed by atoms with Gasteiger partial charge in [0, 0.05) is 18.0 Å². The van der Waals surface area contributed by atoms with E-state index in [0.717, 1.165) is 22.2 Å². The SMILES string of the molecule is CCNc1cnc(C(=O)NCCc2ccc(Cl)s2)cn1. The molecule has 2 rings (SSSR count). The number of nitrogens with zero attached hydrogens (tertiary/aromatic N) is 2. The second-order valence-electron chi connectivity index (χ2n) is 4.03. The van der Waals surface area contributed by atoms with Gasteiger partial charge in [0.2, 0.25) is 0 Å². The number of thiophene rings is 1. The largest absolute Gasteiger partial charge is 0.369 e. The lowest BCUT2D eigenvalue weighted by Gasteiger charge is -2.05. The van der Waals surface area contributed by atoms with Crippen LogP contribution < -0.4 is 10.6 Å². The minimum absolute atomic E-state index is 0.219. The highest BCUT2D eigenvalue weighted by molar-refractivity contribution is 7.16. The standard InChI is InChI=1S/C13H15ClN4OS/c1-2-15-12-8-17-10(7-18-12)13(19)16-6-5-9-3-4-11(14)20-9/h3-4,7-8H,2,5-6H2,1H3,(H,15,18)(H,16,19). The molecule has 0 atom stereocenters. The molecule has 0 aromatic carbocycles. The topological polar surface area (TPSA) is 66.9 Å². The van der Waals surface area contributed by atoms with Crippen LogP contribution >= 0.6 is 22.9 Å². The van der Waals surface area contributed by atoms with Gasteiger partial charge >= 0.3 is 0 Å². The Labute approximate surface area is 126 Å². The van der Waals surface area contributed by atoms with Gasteiger partial charge in [0.1, 0.15) is 11.5 Å². The molecule has 0 aliphatic rings. The van der Waals surface area contributed by atoms with E-state index in [1.54, 1.807) is 6.20 Å². The van der Waals surface area contributed by atoms with Crippen molar-refractivity contribution in [1.82, 2.24) is 15.3 Å². The Morgan fingerprint density at radius 2 is 2.20 bits per heavy atom. The third-order valence-corrected chi connectivity index (χ3v) is 3.82. The fraction of sp³-hybridized carbons (Fsp3) is 0.308. The molecule has 2 heterocycles. The van der Waals surface area contributed by atoms with Gasteiger partial charge in [-0.05, 0) is 25.5 Å². The number of amides is 1. The molecule has 0 radical (unpaired) electrons. The molecule has 0 saturated carbocycles. The van der Waals surface area contributed by atoms with Gasteiger partial charge < -0.3 is 10.6 Å². The van der Waals surface area contributed by atoms with Crippen LogP contribution in [0.2, 0.25) is 4.34 Å². The molecule has 0 saturated heterocycles. The molecule has 106 valence electrons. The van der Waals surface area contributed by atoms with E-state index in [0.29, 0.717) is 18.1 Å². The van der Waals surface area contributed by atoms with Gasteiger partial charge in [0.25, 0.3) is 5.91 Å². The zero-order chi connectivity index (χ0) is 14.4. The predicted octanol–water partition coefficient (Wildman–Crippen LogP) is 2.60. The van der Waals surface area contributed by atoms with Crippen molar-refractivity contribution in [3.05, 3.63) is 39.4 Å². The van der Waals surface area contributed by atoms with Crippen molar-refractivity contribution in [2.75, 3.05) is 18.4 Å². The molecule has 0 bridgehead atoms. The van der Waals surface area contributed by atoms with Crippen LogP contribution in [0, 0.1) is 0 Å². The minimum atomic E-state index is -0.219. The Balaban J connectivity index is 1.82. The van der Waals surface area contributed by atoms with Crippen molar-refractivity contribution in [2.45, 2.75) is 13.3 Å². The van der Waals surface area contributed by atoms with Gasteiger partial charge in [-0.2, -0.15) is 0 Å². The first kappa shape index (κ1) is 14.7. The van der Waals surface area contributed by atoms with E-state index in [4.69, 9.17) is 11.6 Å². The molecular weight excluding hydrogens is 296 g/mol. The molecule has 2 aromatic rings. The molecule has 2 N–H and O–H groups in total. The maximum Gasteiger partial charge on any atom is 0.271 e. The van der Waals surface area contributed by atoms with Gasteiger partial charge in [-0.3, -0.25) is 4.79 Å². The van der Waals surface area contributed by atoms with Crippen LogP contribution in [-0.2, 0) is 6.42 Å². The van der Waals surface area contributed by atoms with E-state index in [1.807, 2.05) is 19.1 Å². The second-order valence-corrected chi connectivity index (χ2v) is 5.83. The Bertz CT molecular complexity index is 570. The summed E-state index contributed by atoms with van der Waals surface area (Å²) in [6.45, 7) is 3.29. The molecule has 0 fully saturated rings. The second kappa shape index (κ2) is 7.21. The molecule has 0 aliphatic carbocycles. The van der Waals surface area contributed by atoms with Gasteiger partial charge in [-0.25, -0.2) is 9.97 Å². The first-order chi connectivity index (χ1) is 9.69. The molecule has 1 amide bonds. The predicted molar refractivity (Wildman–Crippen MR) is 81.6 cm³/mol. The summed E-state index contributed by atoms with van der Waals surface area (Å²) in [5, 5.41) is 5.83. The van der Waals surface area contributed by atoms with Crippen LogP contribution in [0.25, 0.3) is 0 Å². The summed E-state index contributed by atoms with van der Waals surface area (Å²) in [4.78, 5) is 21.2. The summed E-state index contributed by atoms with van der Waals surface area (Å²) >= 11 is 7.37. The fourth-order valence-electron chi connectivity index (χ4n) is 1.59. The number of carbonyl (C=O) groups excluding carboxylic acids is 1. The lowest BCUT2D eigenvalue weighted by Crippen LogP contribution is -2.26. The Hall–Kier alpha value is -1.66. The van der Waals surface area contributed by atoms with Crippen molar-refractivity contribution in [3.63, 3.8) is 0 Å². The van der Waals surface area contributed by atoms with Crippen LogP contribution in [0.3, 0.4) is 0 Å². The number of aromatic nitrogens is 2. The number of hydrogen-bond acceptors (Lipinski definition) is 5. The molecule has 5 nitrogen and oxygen atoms in total. The summed E-state index contributed by atoms with van der Waals surface area (Å²) in [6, 6.07) is 3.82. The van der Waals surface area contributed by atoms with Gasteiger partial charge in [0.05, 0.1) is 16.7 Å². The number of rotatable bonds is 6. The molecule has 0 spiro atoms. The Morgan fingerprint density at radius 1 is 1.35 bits per heavy atom. The zero-order valence-electron chi connectivity index (χ0n) is 11.0. The van der Waals surface area contributed by atoms with Crippen LogP contribution in [0.15, 0.2) is 24.5 Å². The number of anilines is 1. The van der Waals surface area contributed by atoms with Crippen molar-refractivity contribution >= 4 is 34.7 Å². The van der Waals surface area contributed by atoms with Crippen molar-refractivity contribution in [1.29, 1.82) is 0 Å². The van der Waals surface area contributed by atoms with Gasteiger partial charge in [-0.15, -0.1) is 11.3 Å². The van der Waals surface area contributed by atoms with Crippen molar-refractivity contribution in [2.24, 2.45) is 0 Å². The third-order valence-electron chi connectivity index (χ3n) is 2.53. The van der Waals surface area contributed by atoms with Crippen molar-refractivity contribution in [3.8, 4) is 0 Å². The van der Waals surface area contributed by atoms with Crippen LogP contribution in [0.1, 0.15) is 22.3 Å². The third kappa shape index (κ3) is 4.18. The number of hydrogen-bond donors (Lipinski definition) is 2. The molecule has 7 heteroatoms. The highest BCUT2D eigenvalue weighted by Gasteiger charge is 2.07. The summed E-state index contributed by atoms with van der Waals surface area (Å²) in [5.74, 6) is 0.445. The molecule has 0 aliphatic heterocycles. The quantitative estimate of drug-likeness (QED) is 0.860. The van der Waals surface area contributed by atoms with E-state index in [2.05, 4.69) is 20.6 Å². The maximum atomic E-state index is 11.9. The number of nitrogens with one attached hydrogen (secondary N) is 2. The normalized spacial score (nSPS) is 10.3. The average molecular weight is 311 g/mol. The average Bonchev–Trinajstić information content (AvgIpc) is 2.85. The molecule has 0 unspecified atom stereocenters. The zero-order valence-corrected chi connectivity index (χ0v) is 12.6. The Kier molecular flexibility index (Phi) is 5.31. The van der Waals surface area contributed by atoms with Gasteiger partial charge in [0.15, 0.2) is 0 Å². The minimum Gasteiger partial charge on any atom is -0.369 e. The summed E-state index contributed by atoms with van der Waals surface area (Å²) in [5.41, 5.74) is 0.316. The molecule has 20 heavy (non-hydrogen) atoms. The monoisotopic (exact) mass is 310 g/mol.